The highest BCUT2D eigenvalue weighted by Crippen LogP contribution is 2.13. The molecule has 1 rings (SSSR count). The van der Waals surface area contributed by atoms with Crippen molar-refractivity contribution in [2.24, 2.45) is 0 Å². The Kier molecular flexibility index (Phi) is 2.75. The van der Waals surface area contributed by atoms with E-state index in [0.29, 0.717) is 0 Å². The van der Waals surface area contributed by atoms with E-state index < -0.39 is 12.6 Å². The summed E-state index contributed by atoms with van der Waals surface area (Å²) in [6, 6.07) is 0. The molecule has 0 amide bonds. The SMILES string of the molecule is CC(CF)c1nc(N)nc(Cl)n1. The van der Waals surface area contributed by atoms with E-state index in [1.54, 1.807) is 6.92 Å². The first-order valence-corrected chi connectivity index (χ1v) is 3.74. The predicted molar refractivity (Wildman–Crippen MR) is 43.6 cm³/mol. The topological polar surface area (TPSA) is 64.7 Å². The molecule has 0 saturated carbocycles. The van der Waals surface area contributed by atoms with Gasteiger partial charge in [-0.1, -0.05) is 6.92 Å². The number of alkyl halides is 1. The molecule has 1 heterocycles. The number of nitrogens with zero attached hydrogens (tertiary/aromatic N) is 3. The van der Waals surface area contributed by atoms with Crippen molar-refractivity contribution < 1.29 is 4.39 Å². The van der Waals surface area contributed by atoms with E-state index in [1.807, 2.05) is 0 Å². The van der Waals surface area contributed by atoms with Crippen LogP contribution in [-0.4, -0.2) is 21.6 Å². The largest absolute Gasteiger partial charge is 0.368 e. The van der Waals surface area contributed by atoms with Crippen molar-refractivity contribution in [3.8, 4) is 0 Å². The standard InChI is InChI=1S/C6H8ClFN4/c1-3(2-8)4-10-5(7)12-6(9)11-4/h3H,2H2,1H3,(H2,9,10,11,12). The van der Waals surface area contributed by atoms with Crippen molar-refractivity contribution in [1.82, 2.24) is 15.0 Å². The highest BCUT2D eigenvalue weighted by molar-refractivity contribution is 6.28. The van der Waals surface area contributed by atoms with Gasteiger partial charge in [-0.2, -0.15) is 9.97 Å². The van der Waals surface area contributed by atoms with Crippen LogP contribution in [0, 0.1) is 0 Å². The maximum Gasteiger partial charge on any atom is 0.227 e. The molecule has 0 aliphatic heterocycles. The third kappa shape index (κ3) is 2.01. The number of anilines is 1. The van der Waals surface area contributed by atoms with Crippen molar-refractivity contribution in [2.45, 2.75) is 12.8 Å². The highest BCUT2D eigenvalue weighted by Gasteiger charge is 2.10. The van der Waals surface area contributed by atoms with E-state index >= 15 is 0 Å². The summed E-state index contributed by atoms with van der Waals surface area (Å²) in [5, 5.41) is -0.00204. The van der Waals surface area contributed by atoms with E-state index in [0.717, 1.165) is 0 Å². The normalized spacial score (nSPS) is 12.9. The molecule has 0 radical (unpaired) electrons. The smallest absolute Gasteiger partial charge is 0.227 e. The second-order valence-electron chi connectivity index (χ2n) is 2.38. The number of nitrogen functional groups attached to an aromatic ring is 1. The van der Waals surface area contributed by atoms with Gasteiger partial charge in [0.2, 0.25) is 11.2 Å². The number of aromatic nitrogens is 3. The lowest BCUT2D eigenvalue weighted by atomic mass is 10.2. The van der Waals surface area contributed by atoms with Crippen LogP contribution in [0.15, 0.2) is 0 Å². The molecule has 4 nitrogen and oxygen atoms in total. The van der Waals surface area contributed by atoms with E-state index in [1.165, 1.54) is 0 Å². The number of hydrogen-bond donors (Lipinski definition) is 1. The van der Waals surface area contributed by atoms with Crippen molar-refractivity contribution >= 4 is 17.5 Å². The summed E-state index contributed by atoms with van der Waals surface area (Å²) >= 11 is 5.49. The zero-order chi connectivity index (χ0) is 9.14. The molecule has 0 spiro atoms. The van der Waals surface area contributed by atoms with Gasteiger partial charge in [0, 0.05) is 5.92 Å². The Bertz CT molecular complexity index is 260. The van der Waals surface area contributed by atoms with Crippen LogP contribution in [0.1, 0.15) is 18.7 Å². The van der Waals surface area contributed by atoms with Crippen molar-refractivity contribution in [3.05, 3.63) is 11.1 Å². The van der Waals surface area contributed by atoms with Crippen LogP contribution in [0.3, 0.4) is 0 Å². The van der Waals surface area contributed by atoms with Crippen LogP contribution < -0.4 is 5.73 Å². The molecule has 1 atom stereocenters. The van der Waals surface area contributed by atoms with Crippen molar-refractivity contribution in [2.75, 3.05) is 12.4 Å². The Hall–Kier alpha value is -0.970. The minimum absolute atomic E-state index is 0.00204. The fourth-order valence-corrected chi connectivity index (χ4v) is 0.844. The zero-order valence-corrected chi connectivity index (χ0v) is 7.22. The summed E-state index contributed by atoms with van der Waals surface area (Å²) in [5.41, 5.74) is 5.28. The number of hydrogen-bond acceptors (Lipinski definition) is 4. The van der Waals surface area contributed by atoms with E-state index in [-0.39, 0.29) is 17.1 Å². The minimum atomic E-state index is -0.542. The van der Waals surface area contributed by atoms with Crippen LogP contribution in [0.5, 0.6) is 0 Å². The first kappa shape index (κ1) is 9.12. The van der Waals surface area contributed by atoms with Gasteiger partial charge in [0.1, 0.15) is 5.82 Å². The lowest BCUT2D eigenvalue weighted by molar-refractivity contribution is 0.436. The van der Waals surface area contributed by atoms with Gasteiger partial charge in [0.15, 0.2) is 0 Å². The van der Waals surface area contributed by atoms with E-state index in [9.17, 15) is 4.39 Å². The number of nitrogens with two attached hydrogens (primary N) is 1. The number of rotatable bonds is 2. The van der Waals surface area contributed by atoms with Gasteiger partial charge < -0.3 is 5.73 Å². The summed E-state index contributed by atoms with van der Waals surface area (Å²) in [6.45, 7) is 1.10. The Morgan fingerprint density at radius 3 is 2.67 bits per heavy atom. The van der Waals surface area contributed by atoms with Crippen molar-refractivity contribution in [1.29, 1.82) is 0 Å². The molecular weight excluding hydrogens is 183 g/mol. The molecule has 6 heteroatoms. The van der Waals surface area contributed by atoms with Crippen molar-refractivity contribution in [3.63, 3.8) is 0 Å². The Morgan fingerprint density at radius 1 is 1.50 bits per heavy atom. The third-order valence-corrected chi connectivity index (χ3v) is 1.48. The molecule has 12 heavy (non-hydrogen) atoms. The lowest BCUT2D eigenvalue weighted by Gasteiger charge is -2.04. The quantitative estimate of drug-likeness (QED) is 0.761. The monoisotopic (exact) mass is 190 g/mol. The molecule has 0 aromatic carbocycles. The summed E-state index contributed by atoms with van der Waals surface area (Å²) in [4.78, 5) is 11.0. The lowest BCUT2D eigenvalue weighted by Crippen LogP contribution is -2.07. The molecule has 2 N–H and O–H groups in total. The van der Waals surface area contributed by atoms with Crippen LogP contribution in [0.2, 0.25) is 5.28 Å². The fraction of sp³-hybridized carbons (Fsp3) is 0.500. The molecule has 1 unspecified atom stereocenters. The van der Waals surface area contributed by atoms with Crippen LogP contribution in [0.25, 0.3) is 0 Å². The Labute approximate surface area is 74.0 Å². The van der Waals surface area contributed by atoms with E-state index in [4.69, 9.17) is 17.3 Å². The second kappa shape index (κ2) is 3.62. The Balaban J connectivity index is 3.00. The number of halogens is 2. The predicted octanol–water partition coefficient (Wildman–Crippen LogP) is 1.18. The maximum atomic E-state index is 12.2. The van der Waals surface area contributed by atoms with Gasteiger partial charge in [0.05, 0.1) is 6.67 Å². The second-order valence-corrected chi connectivity index (χ2v) is 2.71. The third-order valence-electron chi connectivity index (χ3n) is 1.31. The summed E-state index contributed by atoms with van der Waals surface area (Å²) in [6.07, 6.45) is 0. The average Bonchev–Trinajstić information content (AvgIpc) is 2.01. The molecule has 1 aromatic heterocycles. The van der Waals surface area contributed by atoms with Gasteiger partial charge in [-0.15, -0.1) is 0 Å². The summed E-state index contributed by atoms with van der Waals surface area (Å²) < 4.78 is 12.2. The molecule has 0 aliphatic carbocycles. The van der Waals surface area contributed by atoms with Gasteiger partial charge in [-0.05, 0) is 11.6 Å². The molecular formula is C6H8ClFN4. The Morgan fingerprint density at radius 2 is 2.17 bits per heavy atom. The highest BCUT2D eigenvalue weighted by atomic mass is 35.5. The molecule has 1 aromatic rings. The van der Waals surface area contributed by atoms with Crippen LogP contribution in [0.4, 0.5) is 10.3 Å². The summed E-state index contributed by atoms with van der Waals surface area (Å²) in [7, 11) is 0. The first-order valence-electron chi connectivity index (χ1n) is 3.36. The van der Waals surface area contributed by atoms with Gasteiger partial charge in [0.25, 0.3) is 0 Å². The fourth-order valence-electron chi connectivity index (χ4n) is 0.671. The minimum Gasteiger partial charge on any atom is -0.368 e. The van der Waals surface area contributed by atoms with Crippen LogP contribution >= 0.6 is 11.6 Å². The van der Waals surface area contributed by atoms with Crippen LogP contribution in [-0.2, 0) is 0 Å². The van der Waals surface area contributed by atoms with E-state index in [2.05, 4.69) is 15.0 Å². The molecule has 0 aliphatic rings. The zero-order valence-electron chi connectivity index (χ0n) is 6.46. The summed E-state index contributed by atoms with van der Waals surface area (Å²) in [5.74, 6) is -0.0897. The van der Waals surface area contributed by atoms with Gasteiger partial charge >= 0.3 is 0 Å². The maximum absolute atomic E-state index is 12.2. The molecule has 0 fully saturated rings. The first-order chi connectivity index (χ1) is 5.63. The molecule has 0 bridgehead atoms. The van der Waals surface area contributed by atoms with Gasteiger partial charge in [-0.25, -0.2) is 4.98 Å². The molecule has 0 saturated heterocycles. The van der Waals surface area contributed by atoms with Gasteiger partial charge in [-0.3, -0.25) is 4.39 Å². The molecule has 66 valence electrons. The average molecular weight is 191 g/mol.